The number of ketones is 1. The van der Waals surface area contributed by atoms with Crippen LogP contribution in [0, 0.1) is 0 Å². The van der Waals surface area contributed by atoms with E-state index in [4.69, 9.17) is 9.47 Å². The number of benzene rings is 1. The van der Waals surface area contributed by atoms with E-state index in [9.17, 15) is 9.59 Å². The summed E-state index contributed by atoms with van der Waals surface area (Å²) < 4.78 is 12.4. The molecule has 0 spiro atoms. The normalized spacial score (nSPS) is 12.2. The lowest BCUT2D eigenvalue weighted by Crippen LogP contribution is -2.24. The van der Waals surface area contributed by atoms with Crippen LogP contribution in [0.25, 0.3) is 22.2 Å². The number of hydrogen-bond donors (Lipinski definition) is 0. The van der Waals surface area contributed by atoms with Gasteiger partial charge in [-0.05, 0) is 30.7 Å². The first-order chi connectivity index (χ1) is 13.1. The molecule has 6 nitrogen and oxygen atoms in total. The van der Waals surface area contributed by atoms with Gasteiger partial charge in [0, 0.05) is 23.5 Å². The van der Waals surface area contributed by atoms with Crippen molar-refractivity contribution < 1.29 is 14.3 Å². The van der Waals surface area contributed by atoms with Crippen LogP contribution < -0.4 is 15.0 Å². The topological polar surface area (TPSA) is 70.4 Å². The molecule has 0 radical (unpaired) electrons. The van der Waals surface area contributed by atoms with Crippen LogP contribution in [0.2, 0.25) is 0 Å². The zero-order valence-electron chi connectivity index (χ0n) is 14.9. The molecular formula is C20H17BrN2O4. The van der Waals surface area contributed by atoms with Crippen LogP contribution in [0.4, 0.5) is 0 Å². The maximum atomic E-state index is 13.3. The molecule has 138 valence electrons. The molecule has 0 fully saturated rings. The highest BCUT2D eigenvalue weighted by molar-refractivity contribution is 9.09. The minimum atomic E-state index is -0.169. The Balaban J connectivity index is 2.16. The van der Waals surface area contributed by atoms with Gasteiger partial charge in [0.25, 0.3) is 5.56 Å². The summed E-state index contributed by atoms with van der Waals surface area (Å²) in [5.41, 5.74) is 1.98. The second-order valence-corrected chi connectivity index (χ2v) is 7.00. The molecule has 0 aliphatic heterocycles. The predicted molar refractivity (Wildman–Crippen MR) is 106 cm³/mol. The van der Waals surface area contributed by atoms with Crippen molar-refractivity contribution in [1.29, 1.82) is 0 Å². The molecule has 3 aromatic rings. The van der Waals surface area contributed by atoms with Gasteiger partial charge < -0.3 is 14.0 Å². The van der Waals surface area contributed by atoms with Crippen LogP contribution in [0.3, 0.4) is 0 Å². The fourth-order valence-electron chi connectivity index (χ4n) is 3.59. The van der Waals surface area contributed by atoms with Crippen molar-refractivity contribution in [3.8, 4) is 22.9 Å². The summed E-state index contributed by atoms with van der Waals surface area (Å²) in [5, 5.41) is 1.74. The largest absolute Gasteiger partial charge is 0.493 e. The van der Waals surface area contributed by atoms with Crippen LogP contribution in [0.5, 0.6) is 11.5 Å². The van der Waals surface area contributed by atoms with Gasteiger partial charge in [-0.1, -0.05) is 15.9 Å². The number of pyridine rings is 2. The number of nitrogens with zero attached hydrogens (tertiary/aromatic N) is 2. The average molecular weight is 429 g/mol. The van der Waals surface area contributed by atoms with E-state index < -0.39 is 0 Å². The third-order valence-electron chi connectivity index (χ3n) is 4.79. The number of rotatable bonds is 5. The molecule has 0 bridgehead atoms. The number of hydrogen-bond acceptors (Lipinski definition) is 5. The summed E-state index contributed by atoms with van der Waals surface area (Å²) in [6.45, 7) is 0.486. The summed E-state index contributed by atoms with van der Waals surface area (Å²) in [5.74, 6) is 0.801. The van der Waals surface area contributed by atoms with Crippen molar-refractivity contribution in [3.63, 3.8) is 0 Å². The second kappa shape index (κ2) is 6.81. The minimum absolute atomic E-state index is 0.127. The number of alkyl halides is 1. The first-order valence-corrected chi connectivity index (χ1v) is 9.63. The van der Waals surface area contributed by atoms with E-state index in [1.165, 1.54) is 14.2 Å². The van der Waals surface area contributed by atoms with Gasteiger partial charge in [-0.2, -0.15) is 0 Å². The van der Waals surface area contributed by atoms with Crippen LogP contribution >= 0.6 is 15.9 Å². The van der Waals surface area contributed by atoms with Crippen molar-refractivity contribution in [2.75, 3.05) is 19.5 Å². The number of carbonyl (C=O) groups is 1. The maximum absolute atomic E-state index is 13.3. The third kappa shape index (κ3) is 2.56. The van der Waals surface area contributed by atoms with E-state index in [0.29, 0.717) is 51.3 Å². The first-order valence-electron chi connectivity index (χ1n) is 8.51. The molecule has 0 N–H and O–H groups in total. The van der Waals surface area contributed by atoms with E-state index in [2.05, 4.69) is 20.9 Å². The predicted octanol–water partition coefficient (Wildman–Crippen LogP) is 3.41. The molecule has 1 aliphatic carbocycles. The van der Waals surface area contributed by atoms with Gasteiger partial charge in [0.15, 0.2) is 17.3 Å². The highest BCUT2D eigenvalue weighted by Gasteiger charge is 2.34. The number of halogens is 1. The maximum Gasteiger partial charge on any atom is 0.259 e. The summed E-state index contributed by atoms with van der Waals surface area (Å²) >= 11 is 3.41. The van der Waals surface area contributed by atoms with Gasteiger partial charge in [-0.3, -0.25) is 14.6 Å². The number of carbonyl (C=O) groups excluding carboxylic acids is 1. The Morgan fingerprint density at radius 2 is 1.81 bits per heavy atom. The van der Waals surface area contributed by atoms with Crippen molar-refractivity contribution in [1.82, 2.24) is 9.55 Å². The fraction of sp³-hybridized carbons (Fsp3) is 0.250. The van der Waals surface area contributed by atoms with Gasteiger partial charge in [0.2, 0.25) is 0 Å². The third-order valence-corrected chi connectivity index (χ3v) is 5.36. The highest BCUT2D eigenvalue weighted by atomic mass is 79.9. The molecule has 2 aromatic heterocycles. The first kappa shape index (κ1) is 17.7. The Kier molecular flexibility index (Phi) is 4.47. The van der Waals surface area contributed by atoms with Crippen LogP contribution in [-0.2, 0) is 6.54 Å². The monoisotopic (exact) mass is 428 g/mol. The Morgan fingerprint density at radius 3 is 2.48 bits per heavy atom. The Bertz CT molecular complexity index is 1140. The molecular weight excluding hydrogens is 412 g/mol. The molecule has 27 heavy (non-hydrogen) atoms. The van der Waals surface area contributed by atoms with Crippen LogP contribution in [0.1, 0.15) is 22.3 Å². The smallest absolute Gasteiger partial charge is 0.259 e. The van der Waals surface area contributed by atoms with E-state index >= 15 is 0 Å². The molecule has 1 aliphatic rings. The number of methoxy groups -OCH3 is 2. The van der Waals surface area contributed by atoms with Crippen LogP contribution in [0.15, 0.2) is 35.3 Å². The fourth-order valence-corrected chi connectivity index (χ4v) is 3.84. The standard InChI is InChI=1S/C20H17BrN2O4/c1-26-14-9-12-13(10-15(14)27-2)20(25)23(8-4-6-21)18-16(12)19(24)11-5-3-7-22-17(11)18/h3,5,7,9-10H,4,6,8H2,1-2H3. The van der Waals surface area contributed by atoms with Crippen molar-refractivity contribution in [3.05, 3.63) is 51.9 Å². The molecule has 1 aromatic carbocycles. The molecule has 0 saturated heterocycles. The minimum Gasteiger partial charge on any atom is -0.493 e. The molecule has 4 rings (SSSR count). The van der Waals surface area contributed by atoms with E-state index in [1.807, 2.05) is 0 Å². The van der Waals surface area contributed by atoms with Gasteiger partial charge in [0.05, 0.1) is 42.1 Å². The van der Waals surface area contributed by atoms with Crippen molar-refractivity contribution in [2.45, 2.75) is 13.0 Å². The number of aromatic nitrogens is 2. The summed E-state index contributed by atoms with van der Waals surface area (Å²) in [7, 11) is 3.05. The number of ether oxygens (including phenoxy) is 2. The Hall–Kier alpha value is -2.67. The lowest BCUT2D eigenvalue weighted by molar-refractivity contribution is 0.104. The second-order valence-electron chi connectivity index (χ2n) is 6.20. The van der Waals surface area contributed by atoms with Gasteiger partial charge in [-0.25, -0.2) is 0 Å². The lowest BCUT2D eigenvalue weighted by atomic mass is 10.0. The summed E-state index contributed by atoms with van der Waals surface area (Å²) in [6, 6.07) is 6.82. The van der Waals surface area contributed by atoms with Gasteiger partial charge in [-0.15, -0.1) is 0 Å². The Morgan fingerprint density at radius 1 is 1.11 bits per heavy atom. The molecule has 0 saturated carbocycles. The quantitative estimate of drug-likeness (QED) is 0.455. The van der Waals surface area contributed by atoms with Crippen molar-refractivity contribution >= 4 is 32.5 Å². The van der Waals surface area contributed by atoms with Gasteiger partial charge in [0.1, 0.15) is 0 Å². The molecule has 2 heterocycles. The van der Waals surface area contributed by atoms with E-state index in [-0.39, 0.29) is 11.3 Å². The molecule has 0 amide bonds. The van der Waals surface area contributed by atoms with Crippen molar-refractivity contribution in [2.24, 2.45) is 0 Å². The lowest BCUT2D eigenvalue weighted by Gasteiger charge is -2.16. The zero-order valence-corrected chi connectivity index (χ0v) is 16.5. The van der Waals surface area contributed by atoms with E-state index in [0.717, 1.165) is 11.8 Å². The molecule has 0 atom stereocenters. The summed E-state index contributed by atoms with van der Waals surface area (Å²) in [6.07, 6.45) is 2.39. The molecule has 0 unspecified atom stereocenters. The summed E-state index contributed by atoms with van der Waals surface area (Å²) in [4.78, 5) is 30.8. The SMILES string of the molecule is COc1cc2c3c(n(CCCBr)c(=O)c2cc1OC)-c1ncccc1C3=O. The van der Waals surface area contributed by atoms with Crippen LogP contribution in [-0.4, -0.2) is 34.9 Å². The highest BCUT2D eigenvalue weighted by Crippen LogP contribution is 2.41. The van der Waals surface area contributed by atoms with E-state index in [1.54, 1.807) is 35.0 Å². The molecule has 7 heteroatoms. The average Bonchev–Trinajstić information content (AvgIpc) is 3.00. The Labute approximate surface area is 163 Å². The van der Waals surface area contributed by atoms with Gasteiger partial charge >= 0.3 is 0 Å². The zero-order chi connectivity index (χ0) is 19.1. The number of fused-ring (bicyclic) bond motifs is 5.